The Bertz CT molecular complexity index is 464. The Labute approximate surface area is 100 Å². The molecule has 0 aliphatic heterocycles. The summed E-state index contributed by atoms with van der Waals surface area (Å²) in [5, 5.41) is 10.0. The average molecular weight is 231 g/mol. The van der Waals surface area contributed by atoms with E-state index in [0.717, 1.165) is 36.6 Å². The molecule has 1 aromatic heterocycles. The van der Waals surface area contributed by atoms with Crippen LogP contribution >= 0.6 is 0 Å². The maximum atomic E-state index is 5.75. The molecule has 0 atom stereocenters. The zero-order valence-electron chi connectivity index (χ0n) is 9.90. The third-order valence-corrected chi connectivity index (χ3v) is 2.63. The van der Waals surface area contributed by atoms with E-state index in [2.05, 4.69) is 27.4 Å². The molecule has 5 heteroatoms. The average Bonchev–Trinajstić information content (AvgIpc) is 2.82. The third-order valence-electron chi connectivity index (χ3n) is 2.63. The van der Waals surface area contributed by atoms with Gasteiger partial charge in [-0.2, -0.15) is 5.10 Å². The molecule has 4 N–H and O–H groups in total. The highest BCUT2D eigenvalue weighted by Crippen LogP contribution is 2.17. The van der Waals surface area contributed by atoms with Crippen LogP contribution in [0.4, 0.5) is 11.4 Å². The van der Waals surface area contributed by atoms with Crippen LogP contribution in [0.3, 0.4) is 0 Å². The fourth-order valence-corrected chi connectivity index (χ4v) is 1.66. The van der Waals surface area contributed by atoms with Gasteiger partial charge in [-0.25, -0.2) is 4.98 Å². The van der Waals surface area contributed by atoms with E-state index in [-0.39, 0.29) is 0 Å². The zero-order chi connectivity index (χ0) is 12.1. The van der Waals surface area contributed by atoms with Gasteiger partial charge in [0.25, 0.3) is 0 Å². The molecule has 0 saturated heterocycles. The van der Waals surface area contributed by atoms with E-state index in [0.29, 0.717) is 0 Å². The molecule has 1 heterocycles. The summed E-state index contributed by atoms with van der Waals surface area (Å²) in [5.41, 5.74) is 8.84. The second-order valence-electron chi connectivity index (χ2n) is 4.04. The summed E-state index contributed by atoms with van der Waals surface area (Å²) < 4.78 is 0. The first-order chi connectivity index (χ1) is 8.25. The lowest BCUT2D eigenvalue weighted by Gasteiger charge is -2.09. The molecule has 0 aliphatic carbocycles. The van der Waals surface area contributed by atoms with Crippen molar-refractivity contribution in [2.24, 2.45) is 0 Å². The lowest BCUT2D eigenvalue weighted by Crippen LogP contribution is -2.05. The van der Waals surface area contributed by atoms with Crippen molar-refractivity contribution in [3.8, 4) is 0 Å². The van der Waals surface area contributed by atoms with E-state index in [1.54, 1.807) is 0 Å². The van der Waals surface area contributed by atoms with Gasteiger partial charge in [0.15, 0.2) is 0 Å². The van der Waals surface area contributed by atoms with Crippen LogP contribution in [-0.4, -0.2) is 21.7 Å². The van der Waals surface area contributed by atoms with Crippen molar-refractivity contribution in [3.05, 3.63) is 35.9 Å². The number of aromatic nitrogens is 3. The summed E-state index contributed by atoms with van der Waals surface area (Å²) in [4.78, 5) is 4.08. The van der Waals surface area contributed by atoms with Gasteiger partial charge in [0.2, 0.25) is 0 Å². The first-order valence-electron chi connectivity index (χ1n) is 5.70. The van der Waals surface area contributed by atoms with Gasteiger partial charge in [0.1, 0.15) is 12.2 Å². The van der Waals surface area contributed by atoms with Gasteiger partial charge in [0.05, 0.1) is 0 Å². The van der Waals surface area contributed by atoms with Crippen LogP contribution in [0.25, 0.3) is 0 Å². The number of nitrogens with zero attached hydrogens (tertiary/aromatic N) is 2. The molecule has 0 fully saturated rings. The molecule has 0 aliphatic rings. The van der Waals surface area contributed by atoms with E-state index < -0.39 is 0 Å². The van der Waals surface area contributed by atoms with Crippen LogP contribution in [0.2, 0.25) is 0 Å². The van der Waals surface area contributed by atoms with Gasteiger partial charge < -0.3 is 11.1 Å². The Morgan fingerprint density at radius 1 is 1.41 bits per heavy atom. The lowest BCUT2D eigenvalue weighted by molar-refractivity contribution is 0.805. The lowest BCUT2D eigenvalue weighted by atomic mass is 10.2. The number of hydrogen-bond donors (Lipinski definition) is 3. The van der Waals surface area contributed by atoms with Crippen molar-refractivity contribution in [3.63, 3.8) is 0 Å². The van der Waals surface area contributed by atoms with Gasteiger partial charge in [-0.3, -0.25) is 5.10 Å². The van der Waals surface area contributed by atoms with Crippen LogP contribution in [0.15, 0.2) is 24.5 Å². The maximum absolute atomic E-state index is 5.75. The normalized spacial score (nSPS) is 10.4. The number of aromatic amines is 1. The van der Waals surface area contributed by atoms with Crippen molar-refractivity contribution in [2.45, 2.75) is 19.8 Å². The Hall–Kier alpha value is -2.04. The fourth-order valence-electron chi connectivity index (χ4n) is 1.66. The maximum Gasteiger partial charge on any atom is 0.137 e. The number of benzene rings is 1. The number of aryl methyl sites for hydroxylation is 2. The number of nitrogen functional groups attached to an aromatic ring is 1. The minimum atomic E-state index is 0.785. The molecular weight excluding hydrogens is 214 g/mol. The molecule has 0 spiro atoms. The zero-order valence-corrected chi connectivity index (χ0v) is 9.90. The van der Waals surface area contributed by atoms with E-state index in [9.17, 15) is 0 Å². The van der Waals surface area contributed by atoms with Crippen LogP contribution < -0.4 is 11.1 Å². The Morgan fingerprint density at radius 3 is 3.06 bits per heavy atom. The van der Waals surface area contributed by atoms with Crippen molar-refractivity contribution in [1.82, 2.24) is 15.2 Å². The highest BCUT2D eigenvalue weighted by Gasteiger charge is 1.99. The van der Waals surface area contributed by atoms with Crippen LogP contribution in [0.1, 0.15) is 17.8 Å². The van der Waals surface area contributed by atoms with Crippen molar-refractivity contribution < 1.29 is 0 Å². The molecule has 0 bridgehead atoms. The second-order valence-corrected chi connectivity index (χ2v) is 4.04. The SMILES string of the molecule is Cc1ccc(N)cc1NCCCc1ncn[nH]1. The van der Waals surface area contributed by atoms with Crippen molar-refractivity contribution >= 4 is 11.4 Å². The summed E-state index contributed by atoms with van der Waals surface area (Å²) in [7, 11) is 0. The quantitative estimate of drug-likeness (QED) is 0.541. The summed E-state index contributed by atoms with van der Waals surface area (Å²) in [6, 6.07) is 5.90. The summed E-state index contributed by atoms with van der Waals surface area (Å²) in [6.07, 6.45) is 3.43. The Kier molecular flexibility index (Phi) is 3.59. The molecular formula is C12H17N5. The van der Waals surface area contributed by atoms with Crippen molar-refractivity contribution in [1.29, 1.82) is 0 Å². The minimum Gasteiger partial charge on any atom is -0.399 e. The predicted molar refractivity (Wildman–Crippen MR) is 68.8 cm³/mol. The number of hydrogen-bond acceptors (Lipinski definition) is 4. The molecule has 2 aromatic rings. The summed E-state index contributed by atoms with van der Waals surface area (Å²) in [5.74, 6) is 0.927. The Morgan fingerprint density at radius 2 is 2.29 bits per heavy atom. The number of rotatable bonds is 5. The second kappa shape index (κ2) is 5.34. The van der Waals surface area contributed by atoms with Gasteiger partial charge in [-0.15, -0.1) is 0 Å². The number of nitrogens with one attached hydrogen (secondary N) is 2. The van der Waals surface area contributed by atoms with Gasteiger partial charge >= 0.3 is 0 Å². The predicted octanol–water partition coefficient (Wildman–Crippen LogP) is 1.74. The molecule has 0 saturated carbocycles. The van der Waals surface area contributed by atoms with E-state index in [1.807, 2.05) is 18.2 Å². The van der Waals surface area contributed by atoms with Crippen molar-refractivity contribution in [2.75, 3.05) is 17.6 Å². The van der Waals surface area contributed by atoms with Gasteiger partial charge in [0, 0.05) is 24.3 Å². The third kappa shape index (κ3) is 3.21. The van der Waals surface area contributed by atoms with E-state index in [4.69, 9.17) is 5.73 Å². The largest absolute Gasteiger partial charge is 0.399 e. The molecule has 2 rings (SSSR count). The standard InChI is InChI=1S/C12H17N5/c1-9-4-5-10(13)7-11(9)14-6-2-3-12-15-8-16-17-12/h4-5,7-8,14H,2-3,6,13H2,1H3,(H,15,16,17). The smallest absolute Gasteiger partial charge is 0.137 e. The number of H-pyrrole nitrogens is 1. The molecule has 17 heavy (non-hydrogen) atoms. The highest BCUT2D eigenvalue weighted by atomic mass is 15.2. The summed E-state index contributed by atoms with van der Waals surface area (Å²) >= 11 is 0. The fraction of sp³-hybridized carbons (Fsp3) is 0.333. The summed E-state index contributed by atoms with van der Waals surface area (Å²) in [6.45, 7) is 2.96. The van der Waals surface area contributed by atoms with Crippen LogP contribution in [0, 0.1) is 6.92 Å². The number of nitrogens with two attached hydrogens (primary N) is 1. The van der Waals surface area contributed by atoms with E-state index in [1.165, 1.54) is 11.9 Å². The van der Waals surface area contributed by atoms with Gasteiger partial charge in [-0.1, -0.05) is 6.07 Å². The molecule has 1 aromatic carbocycles. The Balaban J connectivity index is 1.80. The van der Waals surface area contributed by atoms with Gasteiger partial charge in [-0.05, 0) is 31.0 Å². The van der Waals surface area contributed by atoms with Crippen LogP contribution in [0.5, 0.6) is 0 Å². The van der Waals surface area contributed by atoms with E-state index >= 15 is 0 Å². The molecule has 90 valence electrons. The molecule has 0 unspecified atom stereocenters. The first kappa shape index (κ1) is 11.4. The molecule has 0 radical (unpaired) electrons. The monoisotopic (exact) mass is 231 g/mol. The number of anilines is 2. The topological polar surface area (TPSA) is 79.6 Å². The molecule has 0 amide bonds. The highest BCUT2D eigenvalue weighted by molar-refractivity contribution is 5.59. The van der Waals surface area contributed by atoms with Crippen LogP contribution in [-0.2, 0) is 6.42 Å². The minimum absolute atomic E-state index is 0.785. The molecule has 5 nitrogen and oxygen atoms in total. The first-order valence-corrected chi connectivity index (χ1v) is 5.70.